The molecule has 194 valence electrons. The van der Waals surface area contributed by atoms with Gasteiger partial charge in [0.2, 0.25) is 11.8 Å². The number of halogens is 2. The first kappa shape index (κ1) is 27.9. The van der Waals surface area contributed by atoms with Crippen LogP contribution in [0, 0.1) is 23.2 Å². The van der Waals surface area contributed by atoms with Crippen LogP contribution in [-0.2, 0) is 22.7 Å². The Morgan fingerprint density at radius 2 is 1.57 bits per heavy atom. The molecule has 2 amide bonds. The predicted octanol–water partition coefficient (Wildman–Crippen LogP) is 2.56. The second-order valence-electron chi connectivity index (χ2n) is 8.46. The van der Waals surface area contributed by atoms with Gasteiger partial charge in [0.15, 0.2) is 0 Å². The Labute approximate surface area is 223 Å². The summed E-state index contributed by atoms with van der Waals surface area (Å²) >= 11 is 6.05. The van der Waals surface area contributed by atoms with Crippen molar-refractivity contribution < 1.29 is 9.59 Å². The third-order valence-corrected chi connectivity index (χ3v) is 6.68. The first-order chi connectivity index (χ1) is 17.3. The van der Waals surface area contributed by atoms with Crippen LogP contribution in [0.25, 0.3) is 10.9 Å². The van der Waals surface area contributed by atoms with Crippen LogP contribution in [-0.4, -0.2) is 34.0 Å². The number of hydrogen-bond donors (Lipinski definition) is 3. The van der Waals surface area contributed by atoms with E-state index in [2.05, 4.69) is 16.0 Å². The highest BCUT2D eigenvalue weighted by molar-refractivity contribution is 6.32. The Hall–Kier alpha value is -3.65. The van der Waals surface area contributed by atoms with Crippen LogP contribution in [0.3, 0.4) is 0 Å². The lowest BCUT2D eigenvalue weighted by Crippen LogP contribution is -2.39. The van der Waals surface area contributed by atoms with Crippen LogP contribution < -0.4 is 27.2 Å². The summed E-state index contributed by atoms with van der Waals surface area (Å²) in [5, 5.41) is 18.2. The number of aromatic nitrogens is 2. The normalized spacial score (nSPS) is 16.6. The number of nitrogens with zero attached hydrogens (tertiary/aromatic N) is 3. The van der Waals surface area contributed by atoms with E-state index in [1.54, 1.807) is 31.2 Å². The lowest BCUT2D eigenvalue weighted by molar-refractivity contribution is -0.127. The fraction of sp³-hybridized carbons (Fsp3) is 0.320. The van der Waals surface area contributed by atoms with Gasteiger partial charge in [0.25, 0.3) is 5.56 Å². The number of carbonyl (C=O) groups is 2. The third kappa shape index (κ3) is 5.39. The molecule has 3 N–H and O–H groups in total. The number of nitriles is 1. The van der Waals surface area contributed by atoms with Crippen molar-refractivity contribution >= 4 is 58.1 Å². The van der Waals surface area contributed by atoms with Crippen molar-refractivity contribution in [1.29, 1.82) is 5.26 Å². The maximum absolute atomic E-state index is 13.1. The number of hydrogen-bond acceptors (Lipinski definition) is 6. The fourth-order valence-electron chi connectivity index (χ4n) is 4.47. The second-order valence-corrected chi connectivity index (χ2v) is 8.87. The van der Waals surface area contributed by atoms with E-state index in [4.69, 9.17) is 16.9 Å². The Bertz CT molecular complexity index is 1520. The van der Waals surface area contributed by atoms with Crippen molar-refractivity contribution in [3.8, 4) is 6.07 Å². The van der Waals surface area contributed by atoms with Crippen LogP contribution in [0.2, 0.25) is 5.02 Å². The Morgan fingerprint density at radius 1 is 1.00 bits per heavy atom. The zero-order valence-electron chi connectivity index (χ0n) is 20.2. The van der Waals surface area contributed by atoms with Crippen molar-refractivity contribution in [3.63, 3.8) is 0 Å². The zero-order valence-corrected chi connectivity index (χ0v) is 21.8. The van der Waals surface area contributed by atoms with Crippen LogP contribution in [0.5, 0.6) is 0 Å². The molecule has 0 unspecified atom stereocenters. The van der Waals surface area contributed by atoms with Crippen LogP contribution in [0.4, 0.5) is 11.4 Å². The number of amides is 2. The Morgan fingerprint density at radius 3 is 2.11 bits per heavy atom. The van der Waals surface area contributed by atoms with Gasteiger partial charge in [0.05, 0.1) is 33.3 Å². The predicted molar refractivity (Wildman–Crippen MR) is 144 cm³/mol. The van der Waals surface area contributed by atoms with E-state index in [0.717, 1.165) is 4.57 Å². The fourth-order valence-corrected chi connectivity index (χ4v) is 4.69. The largest absolute Gasteiger partial charge is 0.331 e. The van der Waals surface area contributed by atoms with Crippen molar-refractivity contribution in [1.82, 2.24) is 14.5 Å². The molecule has 3 aromatic rings. The molecule has 1 aliphatic heterocycles. The van der Waals surface area contributed by atoms with Crippen molar-refractivity contribution in [2.75, 3.05) is 23.7 Å². The first-order valence-electron chi connectivity index (χ1n) is 11.6. The SMILES string of the molecule is CCn1c(=O)c2cc(NC(=O)[C@H]3CNC[C@H]3C(=O)Nc3ccc(C#N)c(Cl)c3)ccc2n(CC)c1=O.Cl. The van der Waals surface area contributed by atoms with Gasteiger partial charge in [0, 0.05) is 37.6 Å². The molecule has 2 atom stereocenters. The topological polar surface area (TPSA) is 138 Å². The lowest BCUT2D eigenvalue weighted by atomic mass is 9.94. The summed E-state index contributed by atoms with van der Waals surface area (Å²) in [4.78, 5) is 51.5. The van der Waals surface area contributed by atoms with Gasteiger partial charge in [0.1, 0.15) is 6.07 Å². The lowest BCUT2D eigenvalue weighted by Gasteiger charge is -2.18. The minimum atomic E-state index is -0.647. The number of aryl methyl sites for hydroxylation is 1. The quantitative estimate of drug-likeness (QED) is 0.436. The molecule has 12 heteroatoms. The van der Waals surface area contributed by atoms with E-state index >= 15 is 0 Å². The molecule has 10 nitrogen and oxygen atoms in total. The van der Waals surface area contributed by atoms with Gasteiger partial charge in [-0.2, -0.15) is 5.26 Å². The first-order valence-corrected chi connectivity index (χ1v) is 12.0. The molecule has 0 radical (unpaired) electrons. The molecule has 1 aromatic heterocycles. The minimum Gasteiger partial charge on any atom is -0.326 e. The molecule has 4 rings (SSSR count). The number of fused-ring (bicyclic) bond motifs is 1. The van der Waals surface area contributed by atoms with Crippen LogP contribution >= 0.6 is 24.0 Å². The molecule has 1 saturated heterocycles. The molecule has 0 aliphatic carbocycles. The zero-order chi connectivity index (χ0) is 26.0. The highest BCUT2D eigenvalue weighted by atomic mass is 35.5. The summed E-state index contributed by atoms with van der Waals surface area (Å²) in [5.41, 5.74) is 0.836. The van der Waals surface area contributed by atoms with E-state index in [1.165, 1.54) is 16.7 Å². The summed E-state index contributed by atoms with van der Waals surface area (Å²) in [6, 6.07) is 11.4. The van der Waals surface area contributed by atoms with Gasteiger partial charge in [-0.3, -0.25) is 23.5 Å². The van der Waals surface area contributed by atoms with Crippen molar-refractivity contribution in [2.45, 2.75) is 26.9 Å². The van der Waals surface area contributed by atoms with Gasteiger partial charge >= 0.3 is 5.69 Å². The average molecular weight is 545 g/mol. The number of benzene rings is 2. The molecule has 2 heterocycles. The molecule has 37 heavy (non-hydrogen) atoms. The van der Waals surface area contributed by atoms with E-state index in [1.807, 2.05) is 13.0 Å². The molecule has 2 aromatic carbocycles. The molecule has 1 fully saturated rings. The minimum absolute atomic E-state index is 0. The third-order valence-electron chi connectivity index (χ3n) is 6.37. The standard InChI is InChI=1S/C25H25ClN6O4.ClH/c1-3-31-21-8-7-15(9-17(21)24(35)32(4-2)25(31)36)29-22(33)18-12-28-13-19(18)23(34)30-16-6-5-14(11-27)20(26)10-16;/h5-10,18-19,28H,3-4,12-13H2,1-2H3,(H,29,33)(H,30,34);1H/t18-,19+;/m0./s1. The van der Waals surface area contributed by atoms with Crippen LogP contribution in [0.1, 0.15) is 19.4 Å². The average Bonchev–Trinajstić information content (AvgIpc) is 3.36. The molecule has 1 aliphatic rings. The van der Waals surface area contributed by atoms with Gasteiger partial charge in [-0.05, 0) is 50.2 Å². The van der Waals surface area contributed by atoms with E-state index in [0.29, 0.717) is 47.5 Å². The Kier molecular flexibility index (Phi) is 8.76. The van der Waals surface area contributed by atoms with Crippen molar-refractivity contribution in [2.24, 2.45) is 11.8 Å². The Balaban J connectivity index is 0.00000380. The summed E-state index contributed by atoms with van der Waals surface area (Å²) in [6.07, 6.45) is 0. The molecule has 0 saturated carbocycles. The highest BCUT2D eigenvalue weighted by Gasteiger charge is 2.38. The number of rotatable bonds is 6. The second kappa shape index (κ2) is 11.6. The summed E-state index contributed by atoms with van der Waals surface area (Å²) in [5.74, 6) is -2.00. The number of nitrogens with one attached hydrogen (secondary N) is 3. The van der Waals surface area contributed by atoms with E-state index < -0.39 is 17.4 Å². The van der Waals surface area contributed by atoms with Gasteiger partial charge in [-0.15, -0.1) is 12.4 Å². The van der Waals surface area contributed by atoms with Crippen LogP contribution in [0.15, 0.2) is 46.0 Å². The highest BCUT2D eigenvalue weighted by Crippen LogP contribution is 2.25. The number of carbonyl (C=O) groups excluding carboxylic acids is 2. The van der Waals surface area contributed by atoms with Gasteiger partial charge < -0.3 is 16.0 Å². The van der Waals surface area contributed by atoms with Gasteiger partial charge in [-0.1, -0.05) is 11.6 Å². The maximum Gasteiger partial charge on any atom is 0.331 e. The molecular weight excluding hydrogens is 519 g/mol. The summed E-state index contributed by atoms with van der Waals surface area (Å²) < 4.78 is 2.68. The summed E-state index contributed by atoms with van der Waals surface area (Å²) in [6.45, 7) is 4.81. The van der Waals surface area contributed by atoms with Gasteiger partial charge in [-0.25, -0.2) is 4.79 Å². The smallest absolute Gasteiger partial charge is 0.326 e. The van der Waals surface area contributed by atoms with E-state index in [-0.39, 0.29) is 41.5 Å². The molecule has 0 bridgehead atoms. The summed E-state index contributed by atoms with van der Waals surface area (Å²) in [7, 11) is 0. The molecular formula is C25H26Cl2N6O4. The maximum atomic E-state index is 13.1. The number of anilines is 2. The van der Waals surface area contributed by atoms with E-state index in [9.17, 15) is 19.2 Å². The molecule has 0 spiro atoms. The van der Waals surface area contributed by atoms with Crippen molar-refractivity contribution in [3.05, 3.63) is 67.8 Å². The monoisotopic (exact) mass is 544 g/mol.